The highest BCUT2D eigenvalue weighted by Gasteiger charge is 2.28. The van der Waals surface area contributed by atoms with Crippen LogP contribution in [0, 0.1) is 6.92 Å². The Hall–Kier alpha value is -2.18. The molecule has 5 nitrogen and oxygen atoms in total. The molecule has 2 aliphatic heterocycles. The molecule has 0 amide bonds. The summed E-state index contributed by atoms with van der Waals surface area (Å²) in [6.07, 6.45) is 2.24. The van der Waals surface area contributed by atoms with Gasteiger partial charge in [0.1, 0.15) is 28.8 Å². The summed E-state index contributed by atoms with van der Waals surface area (Å²) in [5.74, 6) is 2.98. The molecule has 2 aromatic heterocycles. The van der Waals surface area contributed by atoms with Crippen molar-refractivity contribution in [2.45, 2.75) is 31.8 Å². The van der Waals surface area contributed by atoms with Crippen LogP contribution in [0.1, 0.15) is 30.3 Å². The number of anilines is 1. The number of nitrogens with zero attached hydrogens (tertiary/aromatic N) is 3. The summed E-state index contributed by atoms with van der Waals surface area (Å²) in [5, 5.41) is 7.10. The maximum absolute atomic E-state index is 5.81. The van der Waals surface area contributed by atoms with Crippen molar-refractivity contribution in [3.05, 3.63) is 47.1 Å². The Balaban J connectivity index is 1.27. The molecule has 26 heavy (non-hydrogen) atoms. The van der Waals surface area contributed by atoms with Crippen LogP contribution >= 0.6 is 11.3 Å². The van der Waals surface area contributed by atoms with Crippen molar-refractivity contribution in [1.82, 2.24) is 15.3 Å². The van der Waals surface area contributed by atoms with Crippen LogP contribution < -0.4 is 15.0 Å². The Kier molecular flexibility index (Phi) is 4.02. The number of thiophene rings is 1. The normalized spacial score (nSPS) is 20.3. The number of piperidine rings is 1. The zero-order chi connectivity index (χ0) is 17.5. The number of aryl methyl sites for hydroxylation is 1. The Labute approximate surface area is 157 Å². The van der Waals surface area contributed by atoms with Crippen LogP contribution in [0.2, 0.25) is 0 Å². The zero-order valence-corrected chi connectivity index (χ0v) is 15.6. The maximum atomic E-state index is 5.81. The molecule has 3 aromatic rings. The van der Waals surface area contributed by atoms with E-state index in [2.05, 4.69) is 44.8 Å². The van der Waals surface area contributed by atoms with Crippen molar-refractivity contribution < 1.29 is 4.74 Å². The van der Waals surface area contributed by atoms with E-state index in [0.29, 0.717) is 12.1 Å². The summed E-state index contributed by atoms with van der Waals surface area (Å²) in [7, 11) is 0. The Morgan fingerprint density at radius 1 is 1.15 bits per heavy atom. The molecule has 6 heteroatoms. The SMILES string of the molecule is Cc1nc(N2CCC(N[C@@H]3COc4ccccc43)CC2)c2ccsc2n1. The van der Waals surface area contributed by atoms with E-state index in [-0.39, 0.29) is 0 Å². The Morgan fingerprint density at radius 2 is 2.00 bits per heavy atom. The molecule has 1 fully saturated rings. The fourth-order valence-electron chi connectivity index (χ4n) is 4.03. The van der Waals surface area contributed by atoms with Gasteiger partial charge in [-0.3, -0.25) is 0 Å². The topological polar surface area (TPSA) is 50.3 Å². The van der Waals surface area contributed by atoms with Gasteiger partial charge in [-0.25, -0.2) is 9.97 Å². The molecule has 1 N–H and O–H groups in total. The monoisotopic (exact) mass is 366 g/mol. The molecule has 0 spiro atoms. The predicted octanol–water partition coefficient (Wildman–Crippen LogP) is 3.69. The minimum Gasteiger partial charge on any atom is -0.491 e. The zero-order valence-electron chi connectivity index (χ0n) is 14.8. The first-order chi connectivity index (χ1) is 12.8. The van der Waals surface area contributed by atoms with Gasteiger partial charge < -0.3 is 15.0 Å². The molecule has 2 aliphatic rings. The van der Waals surface area contributed by atoms with Gasteiger partial charge in [-0.15, -0.1) is 11.3 Å². The summed E-state index contributed by atoms with van der Waals surface area (Å²) in [6.45, 7) is 4.76. The number of aromatic nitrogens is 2. The average molecular weight is 366 g/mol. The molecule has 0 saturated carbocycles. The second-order valence-corrected chi connectivity index (χ2v) is 7.96. The quantitative estimate of drug-likeness (QED) is 0.766. The van der Waals surface area contributed by atoms with Crippen LogP contribution in [-0.4, -0.2) is 35.7 Å². The number of para-hydroxylation sites is 1. The van der Waals surface area contributed by atoms with E-state index in [1.54, 1.807) is 11.3 Å². The van der Waals surface area contributed by atoms with E-state index in [1.807, 2.05) is 13.0 Å². The van der Waals surface area contributed by atoms with Gasteiger partial charge in [-0.1, -0.05) is 18.2 Å². The molecule has 134 valence electrons. The van der Waals surface area contributed by atoms with Gasteiger partial charge in [0.05, 0.1) is 11.4 Å². The summed E-state index contributed by atoms with van der Waals surface area (Å²) in [6, 6.07) is 11.3. The van der Waals surface area contributed by atoms with E-state index in [4.69, 9.17) is 9.72 Å². The van der Waals surface area contributed by atoms with Gasteiger partial charge in [0.2, 0.25) is 0 Å². The number of fused-ring (bicyclic) bond motifs is 2. The van der Waals surface area contributed by atoms with Gasteiger partial charge in [-0.2, -0.15) is 0 Å². The standard InChI is InChI=1S/C20H22N4OS/c1-13-21-19(16-8-11-26-20(16)22-13)24-9-6-14(7-10-24)23-17-12-25-18-5-3-2-4-15(17)18/h2-5,8,11,14,17,23H,6-7,9-10,12H2,1H3/t17-/m1/s1. The van der Waals surface area contributed by atoms with E-state index in [0.717, 1.165) is 54.8 Å². The van der Waals surface area contributed by atoms with Crippen molar-refractivity contribution in [2.24, 2.45) is 0 Å². The Bertz CT molecular complexity index is 932. The van der Waals surface area contributed by atoms with Gasteiger partial charge >= 0.3 is 0 Å². The highest BCUT2D eigenvalue weighted by molar-refractivity contribution is 7.16. The minimum atomic E-state index is 0.313. The van der Waals surface area contributed by atoms with Crippen molar-refractivity contribution >= 4 is 27.4 Å². The van der Waals surface area contributed by atoms with Crippen LogP contribution in [0.4, 0.5) is 5.82 Å². The fourth-order valence-corrected chi connectivity index (χ4v) is 4.83. The molecule has 0 radical (unpaired) electrons. The molecule has 1 saturated heterocycles. The van der Waals surface area contributed by atoms with E-state index in [1.165, 1.54) is 10.9 Å². The maximum Gasteiger partial charge on any atom is 0.141 e. The first-order valence-corrected chi connectivity index (χ1v) is 10.1. The lowest BCUT2D eigenvalue weighted by Crippen LogP contribution is -2.44. The first kappa shape index (κ1) is 16.0. The number of ether oxygens (including phenoxy) is 1. The van der Waals surface area contributed by atoms with Crippen molar-refractivity contribution in [1.29, 1.82) is 0 Å². The third-order valence-corrected chi connectivity index (χ3v) is 6.15. The number of hydrogen-bond acceptors (Lipinski definition) is 6. The Morgan fingerprint density at radius 3 is 2.88 bits per heavy atom. The molecule has 4 heterocycles. The van der Waals surface area contributed by atoms with Crippen LogP contribution in [0.25, 0.3) is 10.2 Å². The third kappa shape index (κ3) is 2.83. The highest BCUT2D eigenvalue weighted by Crippen LogP contribution is 2.33. The first-order valence-electron chi connectivity index (χ1n) is 9.22. The molecular weight excluding hydrogens is 344 g/mol. The van der Waals surface area contributed by atoms with E-state index >= 15 is 0 Å². The molecule has 1 aromatic carbocycles. The van der Waals surface area contributed by atoms with Crippen molar-refractivity contribution in [3.8, 4) is 5.75 Å². The molecule has 0 unspecified atom stereocenters. The van der Waals surface area contributed by atoms with Gasteiger partial charge in [-0.05, 0) is 37.3 Å². The highest BCUT2D eigenvalue weighted by atomic mass is 32.1. The summed E-state index contributed by atoms with van der Waals surface area (Å²) in [5.41, 5.74) is 1.29. The van der Waals surface area contributed by atoms with Crippen molar-refractivity contribution in [2.75, 3.05) is 24.6 Å². The molecule has 5 rings (SSSR count). The molecule has 0 bridgehead atoms. The smallest absolute Gasteiger partial charge is 0.141 e. The summed E-state index contributed by atoms with van der Waals surface area (Å²) < 4.78 is 5.81. The van der Waals surface area contributed by atoms with Crippen LogP contribution in [0.5, 0.6) is 5.75 Å². The third-order valence-electron chi connectivity index (χ3n) is 5.35. The number of nitrogens with one attached hydrogen (secondary N) is 1. The minimum absolute atomic E-state index is 0.313. The molecule has 1 atom stereocenters. The van der Waals surface area contributed by atoms with Crippen LogP contribution in [0.15, 0.2) is 35.7 Å². The van der Waals surface area contributed by atoms with E-state index < -0.39 is 0 Å². The number of hydrogen-bond donors (Lipinski definition) is 1. The van der Waals surface area contributed by atoms with Gasteiger partial charge in [0, 0.05) is 24.7 Å². The van der Waals surface area contributed by atoms with Gasteiger partial charge in [0.15, 0.2) is 0 Å². The average Bonchev–Trinajstić information content (AvgIpc) is 3.29. The fraction of sp³-hybridized carbons (Fsp3) is 0.400. The van der Waals surface area contributed by atoms with Crippen molar-refractivity contribution in [3.63, 3.8) is 0 Å². The van der Waals surface area contributed by atoms with Crippen LogP contribution in [-0.2, 0) is 0 Å². The van der Waals surface area contributed by atoms with E-state index in [9.17, 15) is 0 Å². The lowest BCUT2D eigenvalue weighted by molar-refractivity contribution is 0.284. The second kappa shape index (κ2) is 6.52. The second-order valence-electron chi connectivity index (χ2n) is 7.06. The largest absolute Gasteiger partial charge is 0.491 e. The molecular formula is C20H22N4OS. The lowest BCUT2D eigenvalue weighted by atomic mass is 10.0. The van der Waals surface area contributed by atoms with Gasteiger partial charge in [0.25, 0.3) is 0 Å². The summed E-state index contributed by atoms with van der Waals surface area (Å²) in [4.78, 5) is 12.8. The predicted molar refractivity (Wildman–Crippen MR) is 105 cm³/mol. The number of benzene rings is 1. The van der Waals surface area contributed by atoms with Crippen LogP contribution in [0.3, 0.4) is 0 Å². The number of rotatable bonds is 3. The molecule has 0 aliphatic carbocycles. The lowest BCUT2D eigenvalue weighted by Gasteiger charge is -2.34. The summed E-state index contributed by atoms with van der Waals surface area (Å²) >= 11 is 1.69.